The van der Waals surface area contributed by atoms with Gasteiger partial charge in [-0.2, -0.15) is 5.10 Å². The number of aromatic nitrogens is 2. The lowest BCUT2D eigenvalue weighted by atomic mass is 10.0. The van der Waals surface area contributed by atoms with E-state index in [4.69, 9.17) is 0 Å². The van der Waals surface area contributed by atoms with E-state index in [0.717, 1.165) is 29.2 Å². The predicted octanol–water partition coefficient (Wildman–Crippen LogP) is 4.66. The van der Waals surface area contributed by atoms with Gasteiger partial charge in [-0.15, -0.1) is 0 Å². The van der Waals surface area contributed by atoms with Crippen LogP contribution < -0.4 is 5.32 Å². The second-order valence-electron chi connectivity index (χ2n) is 7.17. The summed E-state index contributed by atoms with van der Waals surface area (Å²) in [5.74, 6) is -0.162. The molecular weight excluding hydrogens is 341 g/mol. The number of nitrogens with one attached hydrogen (secondary N) is 2. The van der Waals surface area contributed by atoms with Gasteiger partial charge in [0.15, 0.2) is 5.82 Å². The van der Waals surface area contributed by atoms with Crippen LogP contribution in [0.15, 0.2) is 54.6 Å². The van der Waals surface area contributed by atoms with Crippen LogP contribution in [0.2, 0.25) is 0 Å². The maximum atomic E-state index is 14.5. The molecule has 1 amide bonds. The van der Waals surface area contributed by atoms with Crippen LogP contribution in [0, 0.1) is 11.7 Å². The first-order chi connectivity index (χ1) is 13.2. The molecule has 0 bridgehead atoms. The highest BCUT2D eigenvalue weighted by Crippen LogP contribution is 2.31. The molecular formula is C22H18FN3O. The highest BCUT2D eigenvalue weighted by atomic mass is 19.1. The zero-order chi connectivity index (χ0) is 18.4. The van der Waals surface area contributed by atoms with Gasteiger partial charge in [-0.1, -0.05) is 36.4 Å². The molecule has 1 aliphatic rings. The van der Waals surface area contributed by atoms with Crippen molar-refractivity contribution in [2.45, 2.75) is 12.8 Å². The van der Waals surface area contributed by atoms with Crippen LogP contribution in [-0.4, -0.2) is 22.6 Å². The van der Waals surface area contributed by atoms with E-state index in [2.05, 4.69) is 15.5 Å². The first-order valence-corrected chi connectivity index (χ1v) is 9.14. The molecule has 4 nitrogen and oxygen atoms in total. The summed E-state index contributed by atoms with van der Waals surface area (Å²) in [4.78, 5) is 12.4. The molecule has 1 heterocycles. The quantitative estimate of drug-likeness (QED) is 0.557. The summed E-state index contributed by atoms with van der Waals surface area (Å²) in [5, 5.41) is 12.8. The van der Waals surface area contributed by atoms with Gasteiger partial charge < -0.3 is 5.32 Å². The third-order valence-electron chi connectivity index (χ3n) is 5.16. The van der Waals surface area contributed by atoms with Crippen molar-refractivity contribution in [2.75, 3.05) is 6.54 Å². The van der Waals surface area contributed by atoms with E-state index >= 15 is 0 Å². The summed E-state index contributed by atoms with van der Waals surface area (Å²) < 4.78 is 14.5. The molecule has 0 atom stereocenters. The van der Waals surface area contributed by atoms with Crippen LogP contribution in [-0.2, 0) is 0 Å². The minimum Gasteiger partial charge on any atom is -0.352 e. The monoisotopic (exact) mass is 359 g/mol. The largest absolute Gasteiger partial charge is 0.352 e. The van der Waals surface area contributed by atoms with Gasteiger partial charge in [0.1, 0.15) is 5.52 Å². The number of rotatable bonds is 4. The molecule has 2 N–H and O–H groups in total. The third-order valence-corrected chi connectivity index (χ3v) is 5.16. The molecule has 5 rings (SSSR count). The molecule has 27 heavy (non-hydrogen) atoms. The molecule has 1 aliphatic carbocycles. The van der Waals surface area contributed by atoms with Crippen molar-refractivity contribution in [1.29, 1.82) is 0 Å². The third kappa shape index (κ3) is 2.95. The van der Waals surface area contributed by atoms with Crippen LogP contribution in [0.25, 0.3) is 32.9 Å². The summed E-state index contributed by atoms with van der Waals surface area (Å²) in [5.41, 5.74) is 2.19. The van der Waals surface area contributed by atoms with Gasteiger partial charge in [-0.3, -0.25) is 9.89 Å². The minimum atomic E-state index is -0.493. The van der Waals surface area contributed by atoms with Crippen molar-refractivity contribution < 1.29 is 9.18 Å². The van der Waals surface area contributed by atoms with Gasteiger partial charge in [0, 0.05) is 23.1 Å². The standard InChI is InChI=1S/C22H18FN3O/c23-19-11-17(22(27)24-12-13-5-6-13)10-18-20(25-26-21(18)19)16-8-7-14-3-1-2-4-15(14)9-16/h1-4,7-11,13H,5-6,12H2,(H,24,27)(H,25,26). The molecule has 0 radical (unpaired) electrons. The summed E-state index contributed by atoms with van der Waals surface area (Å²) in [6.45, 7) is 0.654. The Morgan fingerprint density at radius 2 is 1.93 bits per heavy atom. The van der Waals surface area contributed by atoms with Crippen molar-refractivity contribution in [3.63, 3.8) is 0 Å². The summed E-state index contributed by atoms with van der Waals surface area (Å²) in [6.07, 6.45) is 2.31. The average molecular weight is 359 g/mol. The van der Waals surface area contributed by atoms with Gasteiger partial charge in [0.05, 0.1) is 5.69 Å². The number of aromatic amines is 1. The lowest BCUT2D eigenvalue weighted by molar-refractivity contribution is 0.0951. The zero-order valence-electron chi connectivity index (χ0n) is 14.6. The van der Waals surface area contributed by atoms with Gasteiger partial charge in [-0.05, 0) is 47.7 Å². The number of carbonyl (C=O) groups is 1. The SMILES string of the molecule is O=C(NCC1CC1)c1cc(F)c2n[nH]c(-c3ccc4ccccc4c3)c2c1. The Kier molecular flexibility index (Phi) is 3.67. The Bertz CT molecular complexity index is 1180. The van der Waals surface area contributed by atoms with E-state index in [1.165, 1.54) is 6.07 Å². The van der Waals surface area contributed by atoms with Crippen molar-refractivity contribution in [3.8, 4) is 11.3 Å². The fourth-order valence-electron chi connectivity index (χ4n) is 3.43. The number of carbonyl (C=O) groups excluding carboxylic acids is 1. The number of hydrogen-bond donors (Lipinski definition) is 2. The minimum absolute atomic E-state index is 0.242. The van der Waals surface area contributed by atoms with Gasteiger partial charge in [0.2, 0.25) is 0 Å². The number of benzene rings is 3. The van der Waals surface area contributed by atoms with Gasteiger partial charge in [0.25, 0.3) is 5.91 Å². The maximum absolute atomic E-state index is 14.5. The molecule has 4 aromatic rings. The maximum Gasteiger partial charge on any atom is 0.251 e. The number of amides is 1. The molecule has 0 spiro atoms. The number of nitrogens with zero attached hydrogens (tertiary/aromatic N) is 1. The highest BCUT2D eigenvalue weighted by Gasteiger charge is 2.22. The average Bonchev–Trinajstić information content (AvgIpc) is 3.42. The van der Waals surface area contributed by atoms with Crippen LogP contribution in [0.4, 0.5) is 4.39 Å². The molecule has 134 valence electrons. The normalized spacial score (nSPS) is 14.0. The van der Waals surface area contributed by atoms with E-state index in [1.54, 1.807) is 6.07 Å². The molecule has 1 aromatic heterocycles. The fourth-order valence-corrected chi connectivity index (χ4v) is 3.43. The van der Waals surface area contributed by atoms with Gasteiger partial charge in [-0.25, -0.2) is 4.39 Å². The Hall–Kier alpha value is -3.21. The molecule has 3 aromatic carbocycles. The van der Waals surface area contributed by atoms with Crippen LogP contribution in [0.3, 0.4) is 0 Å². The number of H-pyrrole nitrogens is 1. The Labute approximate surface area is 155 Å². The van der Waals surface area contributed by atoms with Crippen LogP contribution >= 0.6 is 0 Å². The number of fused-ring (bicyclic) bond motifs is 2. The lowest BCUT2D eigenvalue weighted by Crippen LogP contribution is -2.25. The van der Waals surface area contributed by atoms with Crippen LogP contribution in [0.5, 0.6) is 0 Å². The molecule has 0 saturated heterocycles. The molecule has 0 aliphatic heterocycles. The Morgan fingerprint density at radius 1 is 1.11 bits per heavy atom. The molecule has 5 heteroatoms. The van der Waals surface area contributed by atoms with E-state index in [9.17, 15) is 9.18 Å². The fraction of sp³-hybridized carbons (Fsp3) is 0.182. The number of hydrogen-bond acceptors (Lipinski definition) is 2. The Morgan fingerprint density at radius 3 is 2.74 bits per heavy atom. The van der Waals surface area contributed by atoms with E-state index in [1.807, 2.05) is 42.5 Å². The van der Waals surface area contributed by atoms with Crippen molar-refractivity contribution in [3.05, 3.63) is 66.0 Å². The summed E-state index contributed by atoms with van der Waals surface area (Å²) in [7, 11) is 0. The summed E-state index contributed by atoms with van der Waals surface area (Å²) >= 11 is 0. The Balaban J connectivity index is 1.58. The van der Waals surface area contributed by atoms with E-state index in [-0.39, 0.29) is 11.4 Å². The van der Waals surface area contributed by atoms with Crippen molar-refractivity contribution in [2.24, 2.45) is 5.92 Å². The first kappa shape index (κ1) is 16.0. The second kappa shape index (κ2) is 6.20. The smallest absolute Gasteiger partial charge is 0.251 e. The predicted molar refractivity (Wildman–Crippen MR) is 104 cm³/mol. The zero-order valence-corrected chi connectivity index (χ0v) is 14.6. The molecule has 1 saturated carbocycles. The molecule has 0 unspecified atom stereocenters. The molecule has 1 fully saturated rings. The highest BCUT2D eigenvalue weighted by molar-refractivity contribution is 6.02. The van der Waals surface area contributed by atoms with Crippen molar-refractivity contribution in [1.82, 2.24) is 15.5 Å². The second-order valence-corrected chi connectivity index (χ2v) is 7.17. The van der Waals surface area contributed by atoms with Gasteiger partial charge >= 0.3 is 0 Å². The van der Waals surface area contributed by atoms with E-state index in [0.29, 0.717) is 29.1 Å². The lowest BCUT2D eigenvalue weighted by Gasteiger charge is -2.06. The summed E-state index contributed by atoms with van der Waals surface area (Å²) in [6, 6.07) is 17.1. The van der Waals surface area contributed by atoms with E-state index < -0.39 is 5.82 Å². The number of halogens is 1. The first-order valence-electron chi connectivity index (χ1n) is 9.14. The topological polar surface area (TPSA) is 57.8 Å². The van der Waals surface area contributed by atoms with Crippen molar-refractivity contribution >= 4 is 27.6 Å². The van der Waals surface area contributed by atoms with Crippen LogP contribution in [0.1, 0.15) is 23.2 Å².